The topological polar surface area (TPSA) is 24.1 Å². The lowest BCUT2D eigenvalue weighted by atomic mass is 9.93. The zero-order chi connectivity index (χ0) is 16.5. The number of hydrogen-bond donors (Lipinski definition) is 2. The van der Waals surface area contributed by atoms with Gasteiger partial charge in [-0.05, 0) is 36.8 Å². The van der Waals surface area contributed by atoms with Crippen LogP contribution in [0, 0.1) is 0 Å². The van der Waals surface area contributed by atoms with Gasteiger partial charge in [0.1, 0.15) is 0 Å². The number of nitrogens with one attached hydrogen (secondary N) is 2. The molecule has 0 bridgehead atoms. The molecule has 2 nitrogen and oxygen atoms in total. The molecule has 0 atom stereocenters. The maximum absolute atomic E-state index is 3.76. The predicted molar refractivity (Wildman–Crippen MR) is 102 cm³/mol. The van der Waals surface area contributed by atoms with Crippen LogP contribution in [0.5, 0.6) is 0 Å². The van der Waals surface area contributed by atoms with E-state index in [2.05, 4.69) is 71.3 Å². The van der Waals surface area contributed by atoms with Gasteiger partial charge < -0.3 is 10.6 Å². The molecule has 2 N–H and O–H groups in total. The molecule has 0 spiro atoms. The highest BCUT2D eigenvalue weighted by molar-refractivity contribution is 5.15. The molecule has 0 saturated heterocycles. The van der Waals surface area contributed by atoms with Gasteiger partial charge in [0.25, 0.3) is 0 Å². The highest BCUT2D eigenvalue weighted by Crippen LogP contribution is 2.19. The Morgan fingerprint density at radius 1 is 0.583 bits per heavy atom. The van der Waals surface area contributed by atoms with E-state index in [1.165, 1.54) is 49.7 Å². The molecule has 2 aromatic carbocycles. The first-order valence-electron chi connectivity index (χ1n) is 9.45. The van der Waals surface area contributed by atoms with Crippen LogP contribution in [0.25, 0.3) is 0 Å². The summed E-state index contributed by atoms with van der Waals surface area (Å²) in [6.07, 6.45) is 7.84. The quantitative estimate of drug-likeness (QED) is 0.808. The third kappa shape index (κ3) is 5.77. The molecule has 1 aliphatic rings. The van der Waals surface area contributed by atoms with Crippen LogP contribution in [0.1, 0.15) is 49.7 Å². The van der Waals surface area contributed by atoms with Crippen molar-refractivity contribution >= 4 is 0 Å². The third-order valence-electron chi connectivity index (χ3n) is 5.09. The molecule has 0 aliphatic heterocycles. The maximum atomic E-state index is 3.76. The Bertz CT molecular complexity index is 506. The second kappa shape index (κ2) is 9.61. The van der Waals surface area contributed by atoms with Crippen molar-refractivity contribution in [2.45, 2.75) is 63.7 Å². The zero-order valence-electron chi connectivity index (χ0n) is 14.6. The summed E-state index contributed by atoms with van der Waals surface area (Å²) in [6.45, 7) is 2.00. The summed E-state index contributed by atoms with van der Waals surface area (Å²) < 4.78 is 0. The molecule has 2 aromatic rings. The van der Waals surface area contributed by atoms with Crippen LogP contribution in [-0.4, -0.2) is 12.1 Å². The van der Waals surface area contributed by atoms with Crippen molar-refractivity contribution < 1.29 is 0 Å². The van der Waals surface area contributed by atoms with Crippen molar-refractivity contribution in [3.05, 3.63) is 71.8 Å². The lowest BCUT2D eigenvalue weighted by Crippen LogP contribution is -2.34. The van der Waals surface area contributed by atoms with Gasteiger partial charge >= 0.3 is 0 Å². The summed E-state index contributed by atoms with van der Waals surface area (Å²) in [4.78, 5) is 0. The third-order valence-corrected chi connectivity index (χ3v) is 5.09. The molecule has 2 heteroatoms. The van der Waals surface area contributed by atoms with Crippen molar-refractivity contribution in [2.24, 2.45) is 0 Å². The molecule has 128 valence electrons. The minimum Gasteiger partial charge on any atom is -0.310 e. The summed E-state index contributed by atoms with van der Waals surface area (Å²) >= 11 is 0. The van der Waals surface area contributed by atoms with E-state index in [-0.39, 0.29) is 0 Å². The minimum absolute atomic E-state index is 0.681. The lowest BCUT2D eigenvalue weighted by molar-refractivity contribution is 0.338. The van der Waals surface area contributed by atoms with Crippen molar-refractivity contribution in [1.29, 1.82) is 0 Å². The van der Waals surface area contributed by atoms with E-state index in [1.54, 1.807) is 0 Å². The Morgan fingerprint density at radius 2 is 0.958 bits per heavy atom. The summed E-state index contributed by atoms with van der Waals surface area (Å²) in [5, 5.41) is 7.52. The largest absolute Gasteiger partial charge is 0.310 e. The molecule has 1 fully saturated rings. The van der Waals surface area contributed by atoms with Crippen LogP contribution < -0.4 is 10.6 Å². The summed E-state index contributed by atoms with van der Waals surface area (Å²) in [5.74, 6) is 0. The Kier molecular flexibility index (Phi) is 6.88. The van der Waals surface area contributed by atoms with Crippen molar-refractivity contribution in [2.75, 3.05) is 0 Å². The molecule has 0 aromatic heterocycles. The fourth-order valence-corrected chi connectivity index (χ4v) is 3.63. The van der Waals surface area contributed by atoms with E-state index in [1.807, 2.05) is 0 Å². The smallest absolute Gasteiger partial charge is 0.0208 e. The average molecular weight is 322 g/mol. The SMILES string of the molecule is c1ccc(CNC2CCCC(NCc3ccccc3)CCC2)cc1. The highest BCUT2D eigenvalue weighted by Gasteiger charge is 2.16. The monoisotopic (exact) mass is 322 g/mol. The number of benzene rings is 2. The second-order valence-electron chi connectivity index (χ2n) is 6.99. The van der Waals surface area contributed by atoms with E-state index in [4.69, 9.17) is 0 Å². The minimum atomic E-state index is 0.681. The van der Waals surface area contributed by atoms with E-state index in [0.29, 0.717) is 12.1 Å². The second-order valence-corrected chi connectivity index (χ2v) is 6.99. The molecule has 0 unspecified atom stereocenters. The number of hydrogen-bond acceptors (Lipinski definition) is 2. The Hall–Kier alpha value is -1.64. The molecule has 24 heavy (non-hydrogen) atoms. The van der Waals surface area contributed by atoms with Gasteiger partial charge in [0.2, 0.25) is 0 Å². The first kappa shape index (κ1) is 17.2. The summed E-state index contributed by atoms with van der Waals surface area (Å²) in [5.41, 5.74) is 2.78. The van der Waals surface area contributed by atoms with Gasteiger partial charge in [0, 0.05) is 25.2 Å². The highest BCUT2D eigenvalue weighted by atomic mass is 14.9. The zero-order valence-corrected chi connectivity index (χ0v) is 14.6. The van der Waals surface area contributed by atoms with Gasteiger partial charge in [0.05, 0.1) is 0 Å². The van der Waals surface area contributed by atoms with Gasteiger partial charge in [0.15, 0.2) is 0 Å². The van der Waals surface area contributed by atoms with Crippen LogP contribution in [0.15, 0.2) is 60.7 Å². The Morgan fingerprint density at radius 3 is 1.33 bits per heavy atom. The van der Waals surface area contributed by atoms with Gasteiger partial charge in [-0.1, -0.05) is 73.5 Å². The van der Waals surface area contributed by atoms with Crippen LogP contribution in [0.2, 0.25) is 0 Å². The lowest BCUT2D eigenvalue weighted by Gasteiger charge is -2.26. The summed E-state index contributed by atoms with van der Waals surface area (Å²) in [6, 6.07) is 22.9. The Balaban J connectivity index is 1.37. The van der Waals surface area contributed by atoms with E-state index >= 15 is 0 Å². The molecular weight excluding hydrogens is 292 g/mol. The van der Waals surface area contributed by atoms with Crippen LogP contribution >= 0.6 is 0 Å². The first-order valence-corrected chi connectivity index (χ1v) is 9.45. The standard InChI is InChI=1S/C22H30N2/c1-3-9-19(10-4-1)17-23-21-13-7-15-22(16-8-14-21)24-18-20-11-5-2-6-12-20/h1-6,9-12,21-24H,7-8,13-18H2. The molecule has 0 radical (unpaired) electrons. The fraction of sp³-hybridized carbons (Fsp3) is 0.455. The molecule has 1 saturated carbocycles. The maximum Gasteiger partial charge on any atom is 0.0208 e. The molecule has 0 heterocycles. The van der Waals surface area contributed by atoms with Crippen LogP contribution in [-0.2, 0) is 13.1 Å². The molecular formula is C22H30N2. The van der Waals surface area contributed by atoms with Gasteiger partial charge in [-0.2, -0.15) is 0 Å². The van der Waals surface area contributed by atoms with Crippen molar-refractivity contribution in [3.63, 3.8) is 0 Å². The van der Waals surface area contributed by atoms with Crippen LogP contribution in [0.3, 0.4) is 0 Å². The fourth-order valence-electron chi connectivity index (χ4n) is 3.63. The molecule has 1 aliphatic carbocycles. The molecule has 0 amide bonds. The predicted octanol–water partition coefficient (Wildman–Crippen LogP) is 4.66. The van der Waals surface area contributed by atoms with E-state index < -0.39 is 0 Å². The van der Waals surface area contributed by atoms with Crippen molar-refractivity contribution in [3.8, 4) is 0 Å². The van der Waals surface area contributed by atoms with Gasteiger partial charge in [-0.25, -0.2) is 0 Å². The Labute approximate surface area is 146 Å². The summed E-state index contributed by atoms with van der Waals surface area (Å²) in [7, 11) is 0. The van der Waals surface area contributed by atoms with Crippen molar-refractivity contribution in [1.82, 2.24) is 10.6 Å². The van der Waals surface area contributed by atoms with Crippen LogP contribution in [0.4, 0.5) is 0 Å². The van der Waals surface area contributed by atoms with E-state index in [0.717, 1.165) is 13.1 Å². The number of rotatable bonds is 6. The first-order chi connectivity index (χ1) is 11.9. The average Bonchev–Trinajstić information content (AvgIpc) is 2.62. The van der Waals surface area contributed by atoms with E-state index in [9.17, 15) is 0 Å². The van der Waals surface area contributed by atoms with Gasteiger partial charge in [-0.15, -0.1) is 0 Å². The van der Waals surface area contributed by atoms with Gasteiger partial charge in [-0.3, -0.25) is 0 Å². The molecule has 3 rings (SSSR count). The normalized spacial score (nSPS) is 21.8.